The van der Waals surface area contributed by atoms with E-state index in [4.69, 9.17) is 9.15 Å². The lowest BCUT2D eigenvalue weighted by molar-refractivity contribution is 0.176. The van der Waals surface area contributed by atoms with Crippen LogP contribution >= 0.6 is 0 Å². The van der Waals surface area contributed by atoms with Gasteiger partial charge >= 0.3 is 0 Å². The van der Waals surface area contributed by atoms with E-state index >= 15 is 0 Å². The lowest BCUT2D eigenvalue weighted by atomic mass is 10.0. The summed E-state index contributed by atoms with van der Waals surface area (Å²) in [6.07, 6.45) is 6.01. The van der Waals surface area contributed by atoms with E-state index in [1.165, 1.54) is 0 Å². The maximum atomic E-state index is 13.7. The summed E-state index contributed by atoms with van der Waals surface area (Å²) in [6, 6.07) is 19.5. The number of nitrogens with one attached hydrogen (secondary N) is 1. The molecule has 0 saturated heterocycles. The second-order valence-electron chi connectivity index (χ2n) is 10.3. The molecule has 39 heavy (non-hydrogen) atoms. The fourth-order valence-corrected chi connectivity index (χ4v) is 5.64. The molecule has 1 saturated carbocycles. The Bertz CT molecular complexity index is 1600. The number of benzene rings is 2. The van der Waals surface area contributed by atoms with Crippen LogP contribution in [0.2, 0.25) is 0 Å². The second kappa shape index (κ2) is 10.9. The molecule has 6 rings (SSSR count). The molecule has 0 amide bonds. The van der Waals surface area contributed by atoms with Crippen molar-refractivity contribution >= 4 is 10.9 Å². The van der Waals surface area contributed by atoms with E-state index in [9.17, 15) is 4.79 Å². The summed E-state index contributed by atoms with van der Waals surface area (Å²) in [5.41, 5.74) is 3.44. The zero-order valence-corrected chi connectivity index (χ0v) is 22.2. The van der Waals surface area contributed by atoms with Gasteiger partial charge in [-0.1, -0.05) is 36.6 Å². The van der Waals surface area contributed by atoms with E-state index in [1.54, 1.807) is 13.4 Å². The third kappa shape index (κ3) is 5.22. The van der Waals surface area contributed by atoms with Crippen LogP contribution in [0.1, 0.15) is 66.0 Å². The highest BCUT2D eigenvalue weighted by molar-refractivity contribution is 5.79. The summed E-state index contributed by atoms with van der Waals surface area (Å²) in [5.74, 6) is 2.25. The minimum Gasteiger partial charge on any atom is -0.497 e. The van der Waals surface area contributed by atoms with Crippen LogP contribution in [0.15, 0.2) is 76.1 Å². The van der Waals surface area contributed by atoms with Crippen molar-refractivity contribution < 1.29 is 9.15 Å². The smallest absolute Gasteiger partial charge is 0.253 e. The largest absolute Gasteiger partial charge is 0.497 e. The Morgan fingerprint density at radius 3 is 2.67 bits per heavy atom. The number of H-pyrrole nitrogens is 1. The van der Waals surface area contributed by atoms with Gasteiger partial charge in [-0.3, -0.25) is 9.69 Å². The average Bonchev–Trinajstić information content (AvgIpc) is 3.73. The molecule has 1 atom stereocenters. The Labute approximate surface area is 226 Å². The summed E-state index contributed by atoms with van der Waals surface area (Å²) in [5, 5.41) is 14.1. The monoisotopic (exact) mass is 524 g/mol. The molecule has 9 nitrogen and oxygen atoms in total. The molecule has 0 radical (unpaired) electrons. The molecule has 1 fully saturated rings. The van der Waals surface area contributed by atoms with Gasteiger partial charge in [0.2, 0.25) is 0 Å². The second-order valence-corrected chi connectivity index (χ2v) is 10.3. The molecule has 0 aliphatic heterocycles. The number of pyridine rings is 1. The Kier molecular flexibility index (Phi) is 6.98. The predicted octanol–water partition coefficient (Wildman–Crippen LogP) is 5.33. The van der Waals surface area contributed by atoms with E-state index < -0.39 is 6.04 Å². The van der Waals surface area contributed by atoms with Gasteiger partial charge in [-0.25, -0.2) is 4.68 Å². The molecule has 5 aromatic rings. The number of rotatable bonds is 9. The van der Waals surface area contributed by atoms with Crippen molar-refractivity contribution in [2.75, 3.05) is 7.11 Å². The zero-order valence-electron chi connectivity index (χ0n) is 22.2. The van der Waals surface area contributed by atoms with Crippen molar-refractivity contribution in [3.05, 3.63) is 106 Å². The highest BCUT2D eigenvalue weighted by Crippen LogP contribution is 2.35. The van der Waals surface area contributed by atoms with Gasteiger partial charge in [0.05, 0.1) is 26.0 Å². The molecule has 9 heteroatoms. The SMILES string of the molecule is COc1ccc(CN(Cc2ccco2)[C@H](c2cc3cc(C)ccc3[nH]c2=O)c2nnnn2C2CCCC2)cc1. The summed E-state index contributed by atoms with van der Waals surface area (Å²) >= 11 is 0. The van der Waals surface area contributed by atoms with Crippen molar-refractivity contribution in [2.24, 2.45) is 0 Å². The average molecular weight is 525 g/mol. The lowest BCUT2D eigenvalue weighted by Gasteiger charge is -2.31. The van der Waals surface area contributed by atoms with Crippen LogP contribution in [0.4, 0.5) is 0 Å². The first-order valence-electron chi connectivity index (χ1n) is 13.4. The number of ether oxygens (including phenoxy) is 1. The van der Waals surface area contributed by atoms with Crippen LogP contribution in [-0.2, 0) is 13.1 Å². The molecule has 200 valence electrons. The number of fused-ring (bicyclic) bond motifs is 1. The molecule has 1 aliphatic rings. The van der Waals surface area contributed by atoms with Gasteiger partial charge in [0.1, 0.15) is 17.6 Å². The number of aryl methyl sites for hydroxylation is 1. The number of hydrogen-bond acceptors (Lipinski definition) is 7. The molecule has 1 N–H and O–H groups in total. The number of aromatic amines is 1. The molecule has 2 aromatic carbocycles. The van der Waals surface area contributed by atoms with Crippen LogP contribution in [0.5, 0.6) is 5.75 Å². The first-order chi connectivity index (χ1) is 19.1. The number of aromatic nitrogens is 5. The van der Waals surface area contributed by atoms with Crippen molar-refractivity contribution in [3.8, 4) is 5.75 Å². The first-order valence-corrected chi connectivity index (χ1v) is 13.4. The van der Waals surface area contributed by atoms with Gasteiger partial charge in [0, 0.05) is 17.6 Å². The quantitative estimate of drug-likeness (QED) is 0.278. The van der Waals surface area contributed by atoms with Crippen LogP contribution in [0.25, 0.3) is 10.9 Å². The molecule has 0 spiro atoms. The lowest BCUT2D eigenvalue weighted by Crippen LogP contribution is -2.35. The standard InChI is InChI=1S/C30H32N6O3/c1-20-9-14-27-22(16-20)17-26(30(37)31-27)28(29-32-33-34-36(29)23-6-3-4-7-23)35(19-25-8-5-15-39-25)18-21-10-12-24(38-2)13-11-21/h5,8-17,23,28H,3-4,6-7,18-19H2,1-2H3,(H,31,37)/t28-/m1/s1. The maximum Gasteiger partial charge on any atom is 0.253 e. The minimum absolute atomic E-state index is 0.156. The fraction of sp³-hybridized carbons (Fsp3) is 0.333. The molecule has 0 unspecified atom stereocenters. The molecule has 3 heterocycles. The summed E-state index contributed by atoms with van der Waals surface area (Å²) in [4.78, 5) is 19.1. The van der Waals surface area contributed by atoms with Gasteiger partial charge < -0.3 is 14.1 Å². The summed E-state index contributed by atoms with van der Waals surface area (Å²) in [6.45, 7) is 3.06. The van der Waals surface area contributed by atoms with Crippen LogP contribution < -0.4 is 10.3 Å². The Morgan fingerprint density at radius 2 is 1.92 bits per heavy atom. The minimum atomic E-state index is -0.513. The Hall–Kier alpha value is -4.24. The van der Waals surface area contributed by atoms with Crippen LogP contribution in [0, 0.1) is 6.92 Å². The van der Waals surface area contributed by atoms with Crippen LogP contribution in [0.3, 0.4) is 0 Å². The van der Waals surface area contributed by atoms with E-state index in [2.05, 4.69) is 38.4 Å². The number of methoxy groups -OCH3 is 1. The number of tetrazole rings is 1. The van der Waals surface area contributed by atoms with E-state index in [1.807, 2.05) is 59.3 Å². The zero-order chi connectivity index (χ0) is 26.8. The first kappa shape index (κ1) is 25.1. The third-order valence-corrected chi connectivity index (χ3v) is 7.61. The highest BCUT2D eigenvalue weighted by Gasteiger charge is 2.34. The Morgan fingerprint density at radius 1 is 1.10 bits per heavy atom. The molecular formula is C30H32N6O3. The topological polar surface area (TPSA) is 102 Å². The summed E-state index contributed by atoms with van der Waals surface area (Å²) in [7, 11) is 1.66. The normalized spacial score (nSPS) is 14.8. The van der Waals surface area contributed by atoms with Gasteiger partial charge in [-0.2, -0.15) is 0 Å². The van der Waals surface area contributed by atoms with Crippen molar-refractivity contribution in [1.29, 1.82) is 0 Å². The number of furan rings is 1. The molecule has 3 aromatic heterocycles. The summed E-state index contributed by atoms with van der Waals surface area (Å²) < 4.78 is 13.1. The third-order valence-electron chi connectivity index (χ3n) is 7.61. The van der Waals surface area contributed by atoms with Crippen LogP contribution in [-0.4, -0.2) is 37.2 Å². The van der Waals surface area contributed by atoms with Crippen molar-refractivity contribution in [3.63, 3.8) is 0 Å². The maximum absolute atomic E-state index is 13.7. The Balaban J connectivity index is 1.52. The number of nitrogens with zero attached hydrogens (tertiary/aromatic N) is 5. The van der Waals surface area contributed by atoms with Crippen molar-refractivity contribution in [2.45, 2.75) is 57.8 Å². The highest BCUT2D eigenvalue weighted by atomic mass is 16.5. The predicted molar refractivity (Wildman–Crippen MR) is 147 cm³/mol. The van der Waals surface area contributed by atoms with Gasteiger partial charge in [-0.05, 0) is 83.6 Å². The fourth-order valence-electron chi connectivity index (χ4n) is 5.64. The van der Waals surface area contributed by atoms with E-state index in [-0.39, 0.29) is 11.6 Å². The van der Waals surface area contributed by atoms with E-state index in [0.29, 0.717) is 24.5 Å². The molecule has 1 aliphatic carbocycles. The van der Waals surface area contributed by atoms with Crippen molar-refractivity contribution in [1.82, 2.24) is 30.1 Å². The van der Waals surface area contributed by atoms with Gasteiger partial charge in [0.15, 0.2) is 5.82 Å². The number of hydrogen-bond donors (Lipinski definition) is 1. The van der Waals surface area contributed by atoms with Gasteiger partial charge in [-0.15, -0.1) is 5.10 Å². The molecule has 0 bridgehead atoms. The molecular weight excluding hydrogens is 492 g/mol. The van der Waals surface area contributed by atoms with E-state index in [0.717, 1.165) is 59.2 Å². The van der Waals surface area contributed by atoms with Gasteiger partial charge in [0.25, 0.3) is 5.56 Å².